The van der Waals surface area contributed by atoms with Crippen LogP contribution in [-0.2, 0) is 19.1 Å². The minimum absolute atomic E-state index is 0.201. The lowest BCUT2D eigenvalue weighted by molar-refractivity contribution is -0.129. The lowest BCUT2D eigenvalue weighted by Crippen LogP contribution is -2.36. The van der Waals surface area contributed by atoms with Crippen molar-refractivity contribution in [2.75, 3.05) is 11.4 Å². The molecule has 1 aliphatic heterocycles. The third-order valence-electron chi connectivity index (χ3n) is 5.20. The zero-order chi connectivity index (χ0) is 20.8. The highest BCUT2D eigenvalue weighted by Crippen LogP contribution is 2.23. The van der Waals surface area contributed by atoms with Gasteiger partial charge in [0.2, 0.25) is 11.8 Å². The summed E-state index contributed by atoms with van der Waals surface area (Å²) in [7, 11) is 0. The number of ether oxygens (including phenoxy) is 1. The largest absolute Gasteiger partial charge is 0.449 e. The Morgan fingerprint density at radius 2 is 1.76 bits per heavy atom. The summed E-state index contributed by atoms with van der Waals surface area (Å²) in [6.45, 7) is 2.06. The fraction of sp³-hybridized carbons (Fsp3) is 0.455. The number of anilines is 1. The summed E-state index contributed by atoms with van der Waals surface area (Å²) in [6, 6.07) is 6.02. The summed E-state index contributed by atoms with van der Waals surface area (Å²) in [6.07, 6.45) is 7.18. The number of esters is 1. The SMILES string of the molecule is C[C@H](OC(=O)c1ccc(N2C(=O)CCC2=O)cc1)C(=O)NCCC1=CCCCC1. The molecule has 0 saturated carbocycles. The van der Waals surface area contributed by atoms with Gasteiger partial charge in [0.25, 0.3) is 5.91 Å². The van der Waals surface area contributed by atoms with Crippen LogP contribution in [0.15, 0.2) is 35.9 Å². The molecule has 1 saturated heterocycles. The maximum atomic E-state index is 12.3. The molecule has 1 fully saturated rings. The van der Waals surface area contributed by atoms with Gasteiger partial charge in [-0.05, 0) is 63.3 Å². The van der Waals surface area contributed by atoms with Crippen LogP contribution < -0.4 is 10.2 Å². The van der Waals surface area contributed by atoms with Gasteiger partial charge in [0.05, 0.1) is 11.3 Å². The Hall–Kier alpha value is -2.96. The zero-order valence-electron chi connectivity index (χ0n) is 16.6. The minimum Gasteiger partial charge on any atom is -0.449 e. The van der Waals surface area contributed by atoms with E-state index in [4.69, 9.17) is 4.74 Å². The van der Waals surface area contributed by atoms with E-state index in [0.29, 0.717) is 12.2 Å². The van der Waals surface area contributed by atoms with Gasteiger partial charge in [-0.1, -0.05) is 11.6 Å². The van der Waals surface area contributed by atoms with Gasteiger partial charge in [0, 0.05) is 19.4 Å². The molecular weight excluding hydrogens is 372 g/mol. The molecule has 1 aromatic rings. The van der Waals surface area contributed by atoms with E-state index in [2.05, 4.69) is 11.4 Å². The molecular formula is C22H26N2O5. The molecule has 0 unspecified atom stereocenters. The first-order valence-electron chi connectivity index (χ1n) is 10.1. The highest BCUT2D eigenvalue weighted by Gasteiger charge is 2.30. The maximum absolute atomic E-state index is 12.3. The first kappa shape index (κ1) is 20.8. The average Bonchev–Trinajstić information content (AvgIpc) is 3.06. The fourth-order valence-electron chi connectivity index (χ4n) is 3.51. The number of nitrogens with zero attached hydrogens (tertiary/aromatic N) is 1. The summed E-state index contributed by atoms with van der Waals surface area (Å²) < 4.78 is 5.24. The molecule has 1 aliphatic carbocycles. The second-order valence-corrected chi connectivity index (χ2v) is 7.37. The number of rotatable bonds is 7. The number of carbonyl (C=O) groups excluding carboxylic acids is 4. The topological polar surface area (TPSA) is 92.8 Å². The van der Waals surface area contributed by atoms with Crippen molar-refractivity contribution < 1.29 is 23.9 Å². The Morgan fingerprint density at radius 1 is 1.07 bits per heavy atom. The molecule has 0 radical (unpaired) electrons. The molecule has 2 aliphatic rings. The molecule has 154 valence electrons. The molecule has 0 bridgehead atoms. The Morgan fingerprint density at radius 3 is 2.38 bits per heavy atom. The Balaban J connectivity index is 1.48. The summed E-state index contributed by atoms with van der Waals surface area (Å²) in [5, 5.41) is 2.80. The fourth-order valence-corrected chi connectivity index (χ4v) is 3.51. The predicted molar refractivity (Wildman–Crippen MR) is 107 cm³/mol. The van der Waals surface area contributed by atoms with Gasteiger partial charge in [-0.3, -0.25) is 19.3 Å². The normalized spacial score (nSPS) is 17.7. The molecule has 1 heterocycles. The van der Waals surface area contributed by atoms with Crippen LogP contribution in [0.1, 0.15) is 62.2 Å². The lowest BCUT2D eigenvalue weighted by Gasteiger charge is -2.16. The monoisotopic (exact) mass is 398 g/mol. The first-order valence-corrected chi connectivity index (χ1v) is 10.1. The molecule has 1 N–H and O–H groups in total. The van der Waals surface area contributed by atoms with E-state index in [1.807, 2.05) is 0 Å². The van der Waals surface area contributed by atoms with E-state index < -0.39 is 12.1 Å². The van der Waals surface area contributed by atoms with Gasteiger partial charge in [0.15, 0.2) is 6.10 Å². The average molecular weight is 398 g/mol. The smallest absolute Gasteiger partial charge is 0.338 e. The zero-order valence-corrected chi connectivity index (χ0v) is 16.6. The number of benzene rings is 1. The van der Waals surface area contributed by atoms with Crippen molar-refractivity contribution in [3.63, 3.8) is 0 Å². The molecule has 7 heteroatoms. The van der Waals surface area contributed by atoms with Crippen molar-refractivity contribution in [2.24, 2.45) is 0 Å². The molecule has 7 nitrogen and oxygen atoms in total. The van der Waals surface area contributed by atoms with Gasteiger partial charge in [0.1, 0.15) is 0 Å². The first-order chi connectivity index (χ1) is 14.0. The standard InChI is InChI=1S/C22H26N2O5/c1-15(21(27)23-14-13-16-5-3-2-4-6-16)29-22(28)17-7-9-18(10-8-17)24-19(25)11-12-20(24)26/h5,7-10,15H,2-4,6,11-14H2,1H3,(H,23,27)/t15-/m0/s1. The number of carbonyl (C=O) groups is 4. The number of imide groups is 1. The van der Waals surface area contributed by atoms with Gasteiger partial charge < -0.3 is 10.1 Å². The van der Waals surface area contributed by atoms with Gasteiger partial charge >= 0.3 is 5.97 Å². The van der Waals surface area contributed by atoms with Crippen molar-refractivity contribution in [2.45, 2.75) is 58.0 Å². The highest BCUT2D eigenvalue weighted by atomic mass is 16.5. The number of hydrogen-bond donors (Lipinski definition) is 1. The highest BCUT2D eigenvalue weighted by molar-refractivity contribution is 6.19. The van der Waals surface area contributed by atoms with Crippen molar-refractivity contribution in [1.29, 1.82) is 0 Å². The van der Waals surface area contributed by atoms with Crippen molar-refractivity contribution in [3.8, 4) is 0 Å². The van der Waals surface area contributed by atoms with Crippen LogP contribution in [0, 0.1) is 0 Å². The van der Waals surface area contributed by atoms with Crippen LogP contribution in [0.2, 0.25) is 0 Å². The van der Waals surface area contributed by atoms with Crippen molar-refractivity contribution >= 4 is 29.4 Å². The van der Waals surface area contributed by atoms with Crippen LogP contribution >= 0.6 is 0 Å². The summed E-state index contributed by atoms with van der Waals surface area (Å²) in [4.78, 5) is 49.1. The van der Waals surface area contributed by atoms with Crippen LogP contribution in [0.25, 0.3) is 0 Å². The van der Waals surface area contributed by atoms with Gasteiger partial charge in [-0.25, -0.2) is 4.79 Å². The lowest BCUT2D eigenvalue weighted by atomic mass is 9.97. The summed E-state index contributed by atoms with van der Waals surface area (Å²) >= 11 is 0. The van der Waals surface area contributed by atoms with E-state index >= 15 is 0 Å². The number of hydrogen-bond acceptors (Lipinski definition) is 5. The molecule has 0 aromatic heterocycles. The van der Waals surface area contributed by atoms with E-state index in [1.165, 1.54) is 49.6 Å². The Kier molecular flexibility index (Phi) is 6.80. The van der Waals surface area contributed by atoms with Crippen molar-refractivity contribution in [3.05, 3.63) is 41.5 Å². The third kappa shape index (κ3) is 5.31. The van der Waals surface area contributed by atoms with E-state index in [9.17, 15) is 19.2 Å². The summed E-state index contributed by atoms with van der Waals surface area (Å²) in [5.41, 5.74) is 2.05. The quantitative estimate of drug-likeness (QED) is 0.433. The van der Waals surface area contributed by atoms with Crippen LogP contribution in [0.4, 0.5) is 5.69 Å². The molecule has 1 aromatic carbocycles. The van der Waals surface area contributed by atoms with E-state index in [1.54, 1.807) is 0 Å². The van der Waals surface area contributed by atoms with Crippen LogP contribution in [-0.4, -0.2) is 36.3 Å². The summed E-state index contributed by atoms with van der Waals surface area (Å²) in [5.74, 6) is -1.47. The van der Waals surface area contributed by atoms with E-state index in [-0.39, 0.29) is 36.1 Å². The van der Waals surface area contributed by atoms with E-state index in [0.717, 1.165) is 24.2 Å². The molecule has 0 spiro atoms. The molecule has 3 amide bonds. The number of amides is 3. The van der Waals surface area contributed by atoms with Gasteiger partial charge in [-0.2, -0.15) is 0 Å². The van der Waals surface area contributed by atoms with Crippen LogP contribution in [0.5, 0.6) is 0 Å². The minimum atomic E-state index is -0.913. The van der Waals surface area contributed by atoms with Crippen LogP contribution in [0.3, 0.4) is 0 Å². The molecule has 29 heavy (non-hydrogen) atoms. The van der Waals surface area contributed by atoms with Crippen molar-refractivity contribution in [1.82, 2.24) is 5.32 Å². The molecule has 3 rings (SSSR count). The molecule has 1 atom stereocenters. The van der Waals surface area contributed by atoms with Gasteiger partial charge in [-0.15, -0.1) is 0 Å². The number of nitrogens with one attached hydrogen (secondary N) is 1. The number of allylic oxidation sites excluding steroid dienone is 1. The maximum Gasteiger partial charge on any atom is 0.338 e. The predicted octanol–water partition coefficient (Wildman–Crippen LogP) is 2.89. The Labute approximate surface area is 170 Å². The third-order valence-corrected chi connectivity index (χ3v) is 5.20. The second kappa shape index (κ2) is 9.49. The second-order valence-electron chi connectivity index (χ2n) is 7.37. The Bertz CT molecular complexity index is 812.